The molecule has 2 unspecified atom stereocenters. The summed E-state index contributed by atoms with van der Waals surface area (Å²) in [5.74, 6) is 1.64. The van der Waals surface area contributed by atoms with Gasteiger partial charge < -0.3 is 30.0 Å². The van der Waals surface area contributed by atoms with E-state index >= 15 is 0 Å². The molecule has 2 aliphatic carbocycles. The number of nitrogens with zero attached hydrogens (tertiary/aromatic N) is 4. The molecule has 0 radical (unpaired) electrons. The Bertz CT molecular complexity index is 1350. The van der Waals surface area contributed by atoms with Crippen molar-refractivity contribution in [2.75, 3.05) is 38.0 Å². The van der Waals surface area contributed by atoms with E-state index in [1.165, 1.54) is 6.20 Å². The van der Waals surface area contributed by atoms with Crippen LogP contribution in [0.5, 0.6) is 0 Å². The maximum Gasteiger partial charge on any atom is 0.274 e. The summed E-state index contributed by atoms with van der Waals surface area (Å²) in [7, 11) is 3.43. The normalized spacial score (nSPS) is 28.9. The van der Waals surface area contributed by atoms with E-state index in [2.05, 4.69) is 26.0 Å². The van der Waals surface area contributed by atoms with Crippen LogP contribution in [-0.4, -0.2) is 64.1 Å². The van der Waals surface area contributed by atoms with Crippen LogP contribution >= 0.6 is 0 Å². The number of methoxy groups -OCH3 is 1. The molecule has 11 nitrogen and oxygen atoms in total. The van der Waals surface area contributed by atoms with Gasteiger partial charge in [-0.1, -0.05) is 0 Å². The van der Waals surface area contributed by atoms with Crippen LogP contribution in [0, 0.1) is 11.8 Å². The summed E-state index contributed by atoms with van der Waals surface area (Å²) in [4.78, 5) is 31.0. The summed E-state index contributed by atoms with van der Waals surface area (Å²) < 4.78 is 14.4. The van der Waals surface area contributed by atoms with Gasteiger partial charge in [0.1, 0.15) is 22.9 Å². The van der Waals surface area contributed by atoms with Crippen LogP contribution in [0.15, 0.2) is 35.4 Å². The van der Waals surface area contributed by atoms with Gasteiger partial charge in [-0.15, -0.1) is 0 Å². The second kappa shape index (κ2) is 8.06. The van der Waals surface area contributed by atoms with Crippen LogP contribution in [0.4, 0.5) is 17.3 Å². The second-order valence-electron chi connectivity index (χ2n) is 9.77. The average Bonchev–Trinajstić information content (AvgIpc) is 3.17. The highest BCUT2D eigenvalue weighted by Gasteiger charge is 2.55. The Morgan fingerprint density at radius 3 is 2.80 bits per heavy atom. The summed E-state index contributed by atoms with van der Waals surface area (Å²) in [6.45, 7) is 3.41. The Labute approximate surface area is 201 Å². The highest BCUT2D eigenvalue weighted by Crippen LogP contribution is 2.53. The van der Waals surface area contributed by atoms with Crippen LogP contribution in [0.3, 0.4) is 0 Å². The predicted octanol–water partition coefficient (Wildman–Crippen LogP) is 1.79. The summed E-state index contributed by atoms with van der Waals surface area (Å²) in [5.41, 5.74) is 0.698. The Morgan fingerprint density at radius 1 is 1.31 bits per heavy atom. The van der Waals surface area contributed by atoms with Gasteiger partial charge >= 0.3 is 0 Å². The van der Waals surface area contributed by atoms with E-state index in [1.54, 1.807) is 35.4 Å². The molecule has 0 spiro atoms. The van der Waals surface area contributed by atoms with Crippen LogP contribution in [0.2, 0.25) is 0 Å². The summed E-state index contributed by atoms with van der Waals surface area (Å²) in [6.07, 6.45) is 5.09. The van der Waals surface area contributed by atoms with Crippen LogP contribution in [0.25, 0.3) is 5.65 Å². The lowest BCUT2D eigenvalue weighted by molar-refractivity contribution is -0.0828. The molecule has 2 saturated carbocycles. The standard InChI is InChI=1S/C24H29N7O4/c1-24(34-3)7-6-17(24)28-22(32)13-10-26-31-19(25-2)9-18(29-21(13)31)27-16-5-4-8-30(23(16)33)20-14-11-35-12-15(14)20/h4-5,8-10,14-15,17,20,25H,6-7,11-12H2,1-3H3,(H,27,29)(H,28,32)/t14-,15+,17?,20?,24-/m0/s1. The lowest BCUT2D eigenvalue weighted by atomic mass is 9.76. The summed E-state index contributed by atoms with van der Waals surface area (Å²) >= 11 is 0. The first-order valence-corrected chi connectivity index (χ1v) is 11.9. The molecule has 0 bridgehead atoms. The first-order chi connectivity index (χ1) is 16.9. The Kier molecular flexibility index (Phi) is 5.08. The first kappa shape index (κ1) is 22.1. The molecule has 35 heavy (non-hydrogen) atoms. The third-order valence-corrected chi connectivity index (χ3v) is 7.88. The number of anilines is 3. The maximum atomic E-state index is 13.2. The van der Waals surface area contributed by atoms with Crippen molar-refractivity contribution >= 4 is 28.9 Å². The number of pyridine rings is 1. The number of fused-ring (bicyclic) bond motifs is 2. The highest BCUT2D eigenvalue weighted by atomic mass is 16.5. The minimum Gasteiger partial charge on any atom is -0.381 e. The van der Waals surface area contributed by atoms with Crippen LogP contribution in [0.1, 0.15) is 36.2 Å². The van der Waals surface area contributed by atoms with Gasteiger partial charge in [0.15, 0.2) is 5.65 Å². The molecule has 0 aromatic carbocycles. The van der Waals surface area contributed by atoms with Crippen molar-refractivity contribution in [1.29, 1.82) is 0 Å². The average molecular weight is 480 g/mol. The lowest BCUT2D eigenvalue weighted by Gasteiger charge is -2.45. The van der Waals surface area contributed by atoms with Crippen molar-refractivity contribution in [2.45, 2.75) is 37.5 Å². The van der Waals surface area contributed by atoms with Gasteiger partial charge in [-0.05, 0) is 31.9 Å². The van der Waals surface area contributed by atoms with Gasteiger partial charge in [-0.25, -0.2) is 4.98 Å². The van der Waals surface area contributed by atoms with Gasteiger partial charge in [-0.2, -0.15) is 9.61 Å². The summed E-state index contributed by atoms with van der Waals surface area (Å²) in [6, 6.07) is 5.47. The molecule has 1 saturated heterocycles. The number of nitrogens with one attached hydrogen (secondary N) is 3. The second-order valence-corrected chi connectivity index (χ2v) is 9.77. The third-order valence-electron chi connectivity index (χ3n) is 7.88. The van der Waals surface area contributed by atoms with E-state index in [9.17, 15) is 9.59 Å². The molecular formula is C24H29N7O4. The van der Waals surface area contributed by atoms with Crippen molar-refractivity contribution in [3.05, 3.63) is 46.5 Å². The minimum atomic E-state index is -0.367. The fraction of sp³-hybridized carbons (Fsp3) is 0.500. The fourth-order valence-corrected chi connectivity index (χ4v) is 5.37. The Hall–Kier alpha value is -3.44. The van der Waals surface area contributed by atoms with Gasteiger partial charge in [0, 0.05) is 44.3 Å². The first-order valence-electron chi connectivity index (χ1n) is 11.9. The van der Waals surface area contributed by atoms with Gasteiger partial charge in [-0.3, -0.25) is 9.59 Å². The molecule has 3 aliphatic rings. The molecule has 1 amide bonds. The van der Waals surface area contributed by atoms with Gasteiger partial charge in [0.05, 0.1) is 31.1 Å². The van der Waals surface area contributed by atoms with Gasteiger partial charge in [0.2, 0.25) is 0 Å². The smallest absolute Gasteiger partial charge is 0.274 e. The van der Waals surface area contributed by atoms with E-state index in [0.717, 1.165) is 12.8 Å². The molecule has 11 heteroatoms. The molecule has 4 heterocycles. The monoisotopic (exact) mass is 479 g/mol. The topological polar surface area (TPSA) is 124 Å². The fourth-order valence-electron chi connectivity index (χ4n) is 5.37. The quantitative estimate of drug-likeness (QED) is 0.469. The number of hydrogen-bond acceptors (Lipinski definition) is 8. The van der Waals surface area contributed by atoms with Crippen molar-refractivity contribution in [2.24, 2.45) is 11.8 Å². The number of ether oxygens (including phenoxy) is 2. The maximum absolute atomic E-state index is 13.2. The molecule has 3 fully saturated rings. The molecule has 5 atom stereocenters. The molecule has 184 valence electrons. The lowest BCUT2D eigenvalue weighted by Crippen LogP contribution is -2.59. The predicted molar refractivity (Wildman–Crippen MR) is 129 cm³/mol. The van der Waals surface area contributed by atoms with E-state index in [4.69, 9.17) is 9.47 Å². The number of hydrogen-bond donors (Lipinski definition) is 3. The molecule has 3 aromatic heterocycles. The zero-order valence-electron chi connectivity index (χ0n) is 19.9. The number of aromatic nitrogens is 4. The van der Waals surface area contributed by atoms with Crippen LogP contribution in [-0.2, 0) is 9.47 Å². The molecule has 3 aromatic rings. The van der Waals surface area contributed by atoms with E-state index in [-0.39, 0.29) is 29.2 Å². The van der Waals surface area contributed by atoms with Crippen molar-refractivity contribution < 1.29 is 14.3 Å². The highest BCUT2D eigenvalue weighted by molar-refractivity contribution is 6.00. The number of amides is 1. The van der Waals surface area contributed by atoms with Crippen molar-refractivity contribution in [1.82, 2.24) is 24.5 Å². The Balaban J connectivity index is 1.30. The van der Waals surface area contributed by atoms with Crippen LogP contribution < -0.4 is 21.5 Å². The molecule has 6 rings (SSSR count). The SMILES string of the molecule is CNc1cc(Nc2cccn(C3[C@H]4COC[C@@H]34)c2=O)nc2c(C(=O)NC3CC[C@]3(C)OC)cnn12. The number of carbonyl (C=O) groups is 1. The number of rotatable bonds is 7. The van der Waals surface area contributed by atoms with E-state index in [1.807, 2.05) is 19.2 Å². The van der Waals surface area contributed by atoms with E-state index in [0.29, 0.717) is 53.6 Å². The largest absolute Gasteiger partial charge is 0.381 e. The molecular weight excluding hydrogens is 450 g/mol. The zero-order valence-corrected chi connectivity index (χ0v) is 19.9. The summed E-state index contributed by atoms with van der Waals surface area (Å²) in [5, 5.41) is 13.7. The Morgan fingerprint density at radius 2 is 2.11 bits per heavy atom. The molecule has 1 aliphatic heterocycles. The van der Waals surface area contributed by atoms with Crippen molar-refractivity contribution in [3.63, 3.8) is 0 Å². The van der Waals surface area contributed by atoms with Crippen molar-refractivity contribution in [3.8, 4) is 0 Å². The minimum absolute atomic E-state index is 0.0740. The number of carbonyl (C=O) groups excluding carboxylic acids is 1. The van der Waals surface area contributed by atoms with Gasteiger partial charge in [0.25, 0.3) is 11.5 Å². The third kappa shape index (κ3) is 3.49. The zero-order chi connectivity index (χ0) is 24.3. The molecule has 3 N–H and O–H groups in total. The van der Waals surface area contributed by atoms with E-state index < -0.39 is 0 Å².